The molecule has 0 unspecified atom stereocenters. The topological polar surface area (TPSA) is 64.6 Å². The van der Waals surface area contributed by atoms with Crippen LogP contribution >= 0.6 is 23.2 Å². The number of hydrogen-bond acceptors (Lipinski definition) is 5. The highest BCUT2D eigenvalue weighted by atomic mass is 35.5. The molecule has 0 bridgehead atoms. The third-order valence-corrected chi connectivity index (χ3v) is 5.15. The van der Waals surface area contributed by atoms with Gasteiger partial charge in [-0.25, -0.2) is 4.52 Å². The number of halogens is 2. The zero-order valence-electron chi connectivity index (χ0n) is 13.8. The molecule has 25 heavy (non-hydrogen) atoms. The smallest absolute Gasteiger partial charge is 0.243 e. The van der Waals surface area contributed by atoms with Gasteiger partial charge in [0, 0.05) is 13.2 Å². The summed E-state index contributed by atoms with van der Waals surface area (Å²) in [5, 5.41) is 8.33. The van der Waals surface area contributed by atoms with Crippen molar-refractivity contribution in [3.8, 4) is 0 Å². The molecule has 0 spiro atoms. The van der Waals surface area contributed by atoms with Crippen molar-refractivity contribution in [2.24, 2.45) is 0 Å². The summed E-state index contributed by atoms with van der Waals surface area (Å²) in [7, 11) is 0. The lowest BCUT2D eigenvalue weighted by molar-refractivity contribution is 0.0852. The van der Waals surface area contributed by atoms with E-state index in [-0.39, 0.29) is 5.28 Å². The molecule has 0 radical (unpaired) electrons. The highest BCUT2D eigenvalue weighted by molar-refractivity contribution is 6.31. The summed E-state index contributed by atoms with van der Waals surface area (Å²) < 4.78 is 12.5. The van der Waals surface area contributed by atoms with Gasteiger partial charge in [-0.15, -0.1) is 5.10 Å². The highest BCUT2D eigenvalue weighted by Gasteiger charge is 2.27. The quantitative estimate of drug-likeness (QED) is 0.724. The standard InChI is InChI=1S/C17H18Cl2N4O2/c1-10-13(11-4-7-24-8-5-11)15(18)23-14(10)16(21-17(19)22-23)20-9-12-3-2-6-25-12/h2-3,6,11H,4-5,7-9H2,1H3,(H,20,21,22). The Morgan fingerprint density at radius 3 is 2.84 bits per heavy atom. The predicted molar refractivity (Wildman–Crippen MR) is 96.6 cm³/mol. The number of aromatic nitrogens is 3. The van der Waals surface area contributed by atoms with E-state index < -0.39 is 0 Å². The molecule has 0 aromatic carbocycles. The number of anilines is 1. The molecular formula is C17H18Cl2N4O2. The van der Waals surface area contributed by atoms with Gasteiger partial charge < -0.3 is 14.5 Å². The molecule has 1 N–H and O–H groups in total. The first-order valence-electron chi connectivity index (χ1n) is 8.23. The van der Waals surface area contributed by atoms with Crippen LogP contribution in [0, 0.1) is 6.92 Å². The van der Waals surface area contributed by atoms with E-state index in [1.165, 1.54) is 0 Å². The first-order chi connectivity index (χ1) is 12.1. The Hall–Kier alpha value is -1.76. The molecule has 8 heteroatoms. The Labute approximate surface area is 155 Å². The van der Waals surface area contributed by atoms with Crippen molar-refractivity contribution < 1.29 is 9.15 Å². The second kappa shape index (κ2) is 6.86. The van der Waals surface area contributed by atoms with Crippen LogP contribution in [0.5, 0.6) is 0 Å². The maximum atomic E-state index is 6.67. The Morgan fingerprint density at radius 1 is 1.32 bits per heavy atom. The van der Waals surface area contributed by atoms with Crippen molar-refractivity contribution in [3.63, 3.8) is 0 Å². The maximum absolute atomic E-state index is 6.67. The molecule has 4 heterocycles. The molecule has 3 aromatic rings. The van der Waals surface area contributed by atoms with Crippen molar-refractivity contribution in [2.75, 3.05) is 18.5 Å². The van der Waals surface area contributed by atoms with Gasteiger partial charge in [-0.05, 0) is 60.5 Å². The fourth-order valence-electron chi connectivity index (χ4n) is 3.44. The third kappa shape index (κ3) is 3.10. The Morgan fingerprint density at radius 2 is 2.12 bits per heavy atom. The van der Waals surface area contributed by atoms with Gasteiger partial charge in [0.25, 0.3) is 0 Å². The molecule has 0 amide bonds. The lowest BCUT2D eigenvalue weighted by Crippen LogP contribution is -2.14. The molecule has 1 aliphatic heterocycles. The van der Waals surface area contributed by atoms with E-state index in [0.29, 0.717) is 23.4 Å². The Bertz CT molecular complexity index is 886. The zero-order chi connectivity index (χ0) is 17.4. The summed E-state index contributed by atoms with van der Waals surface area (Å²) in [4.78, 5) is 4.36. The fraction of sp³-hybridized carbons (Fsp3) is 0.412. The molecule has 1 aliphatic rings. The van der Waals surface area contributed by atoms with Crippen LogP contribution in [0.15, 0.2) is 22.8 Å². The molecular weight excluding hydrogens is 363 g/mol. The molecule has 0 atom stereocenters. The van der Waals surface area contributed by atoms with E-state index in [4.69, 9.17) is 32.4 Å². The van der Waals surface area contributed by atoms with Gasteiger partial charge in [0.15, 0.2) is 5.82 Å². The number of rotatable bonds is 4. The van der Waals surface area contributed by atoms with Crippen molar-refractivity contribution in [2.45, 2.75) is 32.2 Å². The molecule has 0 saturated carbocycles. The molecule has 4 rings (SSSR count). The Balaban J connectivity index is 1.77. The number of nitrogens with one attached hydrogen (secondary N) is 1. The van der Waals surface area contributed by atoms with Crippen LogP contribution < -0.4 is 5.32 Å². The van der Waals surface area contributed by atoms with E-state index in [2.05, 4.69) is 22.3 Å². The number of fused-ring (bicyclic) bond motifs is 1. The van der Waals surface area contributed by atoms with E-state index in [9.17, 15) is 0 Å². The molecule has 132 valence electrons. The number of furan rings is 1. The number of nitrogens with zero attached hydrogens (tertiary/aromatic N) is 3. The number of hydrogen-bond donors (Lipinski definition) is 1. The van der Waals surface area contributed by atoms with Gasteiger partial charge in [0.1, 0.15) is 16.4 Å². The summed E-state index contributed by atoms with van der Waals surface area (Å²) in [6.07, 6.45) is 3.55. The van der Waals surface area contributed by atoms with Crippen molar-refractivity contribution in [1.82, 2.24) is 14.6 Å². The molecule has 1 fully saturated rings. The van der Waals surface area contributed by atoms with Crippen molar-refractivity contribution in [3.05, 3.63) is 45.7 Å². The summed E-state index contributed by atoms with van der Waals surface area (Å²) >= 11 is 12.8. The van der Waals surface area contributed by atoms with E-state index in [0.717, 1.165) is 48.5 Å². The molecule has 0 aliphatic carbocycles. The molecule has 1 saturated heterocycles. The minimum absolute atomic E-state index is 0.143. The fourth-order valence-corrected chi connectivity index (χ4v) is 4.02. The summed E-state index contributed by atoms with van der Waals surface area (Å²) in [6, 6.07) is 3.75. The van der Waals surface area contributed by atoms with Crippen LogP contribution in [0.3, 0.4) is 0 Å². The summed E-state index contributed by atoms with van der Waals surface area (Å²) in [6.45, 7) is 4.07. The predicted octanol–water partition coefficient (Wildman–Crippen LogP) is 4.44. The van der Waals surface area contributed by atoms with Crippen LogP contribution in [-0.4, -0.2) is 27.8 Å². The SMILES string of the molecule is Cc1c(C2CCOCC2)c(Cl)n2nc(Cl)nc(NCc3ccco3)c12. The second-order valence-corrected chi connectivity index (χ2v) is 6.83. The minimum atomic E-state index is 0.143. The van der Waals surface area contributed by atoms with E-state index in [1.54, 1.807) is 10.8 Å². The summed E-state index contributed by atoms with van der Waals surface area (Å²) in [5.41, 5.74) is 3.04. The van der Waals surface area contributed by atoms with Gasteiger partial charge >= 0.3 is 0 Å². The second-order valence-electron chi connectivity index (χ2n) is 6.14. The van der Waals surface area contributed by atoms with Crippen LogP contribution in [0.4, 0.5) is 5.82 Å². The molecule has 6 nitrogen and oxygen atoms in total. The lowest BCUT2D eigenvalue weighted by atomic mass is 9.91. The van der Waals surface area contributed by atoms with E-state index >= 15 is 0 Å². The first kappa shape index (κ1) is 16.7. The van der Waals surface area contributed by atoms with Gasteiger partial charge in [0.2, 0.25) is 5.28 Å². The molecule has 3 aromatic heterocycles. The van der Waals surface area contributed by atoms with Crippen molar-refractivity contribution in [1.29, 1.82) is 0 Å². The first-order valence-corrected chi connectivity index (χ1v) is 8.99. The summed E-state index contributed by atoms with van der Waals surface area (Å²) in [5.74, 6) is 1.82. The normalized spacial score (nSPS) is 15.8. The minimum Gasteiger partial charge on any atom is -0.467 e. The van der Waals surface area contributed by atoms with Gasteiger partial charge in [-0.1, -0.05) is 11.6 Å². The largest absolute Gasteiger partial charge is 0.467 e. The lowest BCUT2D eigenvalue weighted by Gasteiger charge is -2.22. The van der Waals surface area contributed by atoms with Crippen molar-refractivity contribution >= 4 is 34.5 Å². The van der Waals surface area contributed by atoms with Crippen LogP contribution in [-0.2, 0) is 11.3 Å². The van der Waals surface area contributed by atoms with Gasteiger partial charge in [0.05, 0.1) is 12.8 Å². The Kier molecular flexibility index (Phi) is 4.58. The zero-order valence-corrected chi connectivity index (χ0v) is 15.3. The average molecular weight is 381 g/mol. The van der Waals surface area contributed by atoms with Crippen LogP contribution in [0.1, 0.15) is 35.6 Å². The van der Waals surface area contributed by atoms with Crippen LogP contribution in [0.2, 0.25) is 10.4 Å². The van der Waals surface area contributed by atoms with Crippen LogP contribution in [0.25, 0.3) is 5.52 Å². The average Bonchev–Trinajstić information content (AvgIpc) is 3.21. The maximum Gasteiger partial charge on any atom is 0.243 e. The van der Waals surface area contributed by atoms with E-state index in [1.807, 2.05) is 12.1 Å². The number of aryl methyl sites for hydroxylation is 1. The highest BCUT2D eigenvalue weighted by Crippen LogP contribution is 2.39. The van der Waals surface area contributed by atoms with Gasteiger partial charge in [-0.2, -0.15) is 4.98 Å². The monoisotopic (exact) mass is 380 g/mol. The third-order valence-electron chi connectivity index (χ3n) is 4.63. The van der Waals surface area contributed by atoms with Gasteiger partial charge in [-0.3, -0.25) is 0 Å². The number of ether oxygens (including phenoxy) is 1.